The molecule has 0 aliphatic heterocycles. The van der Waals surface area contributed by atoms with Gasteiger partial charge in [0.05, 0.1) is 0 Å². The second-order valence-electron chi connectivity index (χ2n) is 7.33. The van der Waals surface area contributed by atoms with Gasteiger partial charge < -0.3 is 10.2 Å². The van der Waals surface area contributed by atoms with Crippen LogP contribution in [0.2, 0.25) is 0 Å². The minimum atomic E-state index is 0.0974. The van der Waals surface area contributed by atoms with Gasteiger partial charge in [-0.2, -0.15) is 0 Å². The Kier molecular flexibility index (Phi) is 4.60. The van der Waals surface area contributed by atoms with Crippen molar-refractivity contribution in [2.24, 2.45) is 11.3 Å². The van der Waals surface area contributed by atoms with Crippen molar-refractivity contribution in [2.45, 2.75) is 53.1 Å². The van der Waals surface area contributed by atoms with Crippen LogP contribution in [0.5, 0.6) is 0 Å². The Morgan fingerprint density at radius 1 is 1.33 bits per heavy atom. The van der Waals surface area contributed by atoms with Gasteiger partial charge >= 0.3 is 0 Å². The van der Waals surface area contributed by atoms with Crippen molar-refractivity contribution in [1.82, 2.24) is 4.90 Å². The van der Waals surface area contributed by atoms with Gasteiger partial charge in [-0.05, 0) is 35.8 Å². The number of para-hydroxylation sites is 1. The molecule has 1 saturated carbocycles. The molecule has 2 unspecified atom stereocenters. The summed E-state index contributed by atoms with van der Waals surface area (Å²) < 4.78 is 0. The third kappa shape index (κ3) is 3.99. The SMILES string of the molecule is CC(=O)N(C)Cc1ccccc1NC1CC(C)(C)CC1C. The molecule has 2 atom stereocenters. The third-order valence-electron chi connectivity index (χ3n) is 4.64. The highest BCUT2D eigenvalue weighted by molar-refractivity contribution is 5.73. The molecule has 0 spiro atoms. The van der Waals surface area contributed by atoms with E-state index < -0.39 is 0 Å². The summed E-state index contributed by atoms with van der Waals surface area (Å²) in [6.45, 7) is 9.29. The molecule has 1 fully saturated rings. The predicted octanol–water partition coefficient (Wildman–Crippen LogP) is 3.90. The summed E-state index contributed by atoms with van der Waals surface area (Å²) in [6.07, 6.45) is 2.46. The predicted molar refractivity (Wildman–Crippen MR) is 88.2 cm³/mol. The number of benzene rings is 1. The van der Waals surface area contributed by atoms with Crippen molar-refractivity contribution in [2.75, 3.05) is 12.4 Å². The van der Waals surface area contributed by atoms with E-state index >= 15 is 0 Å². The Hall–Kier alpha value is -1.51. The summed E-state index contributed by atoms with van der Waals surface area (Å²) in [5.74, 6) is 0.777. The Morgan fingerprint density at radius 2 is 2.00 bits per heavy atom. The average Bonchev–Trinajstić information content (AvgIpc) is 2.64. The molecular weight excluding hydrogens is 260 g/mol. The maximum absolute atomic E-state index is 11.4. The molecule has 116 valence electrons. The molecule has 3 heteroatoms. The van der Waals surface area contributed by atoms with Gasteiger partial charge in [0.2, 0.25) is 5.91 Å². The lowest BCUT2D eigenvalue weighted by Gasteiger charge is -2.23. The van der Waals surface area contributed by atoms with Crippen LogP contribution < -0.4 is 5.32 Å². The van der Waals surface area contributed by atoms with E-state index in [2.05, 4.69) is 44.3 Å². The van der Waals surface area contributed by atoms with E-state index in [9.17, 15) is 4.79 Å². The first-order chi connectivity index (χ1) is 9.78. The van der Waals surface area contributed by atoms with E-state index in [1.165, 1.54) is 24.1 Å². The van der Waals surface area contributed by atoms with Crippen LogP contribution in [0.3, 0.4) is 0 Å². The minimum absolute atomic E-state index is 0.0974. The van der Waals surface area contributed by atoms with Crippen LogP contribution in [-0.2, 0) is 11.3 Å². The molecule has 21 heavy (non-hydrogen) atoms. The van der Waals surface area contributed by atoms with Crippen molar-refractivity contribution in [3.8, 4) is 0 Å². The molecule has 0 radical (unpaired) electrons. The molecule has 0 heterocycles. The number of anilines is 1. The smallest absolute Gasteiger partial charge is 0.219 e. The standard InChI is InChI=1S/C18H28N2O/c1-13-10-18(3,4)11-17(13)19-16-9-7-6-8-15(16)12-20(5)14(2)21/h6-9,13,17,19H,10-12H2,1-5H3. The third-order valence-corrected chi connectivity index (χ3v) is 4.64. The zero-order valence-corrected chi connectivity index (χ0v) is 13.9. The van der Waals surface area contributed by atoms with Crippen LogP contribution in [0.1, 0.15) is 46.1 Å². The van der Waals surface area contributed by atoms with E-state index in [4.69, 9.17) is 0 Å². The maximum atomic E-state index is 11.4. The molecular formula is C18H28N2O. The van der Waals surface area contributed by atoms with Gasteiger partial charge in [0.15, 0.2) is 0 Å². The molecule has 1 N–H and O–H groups in total. The number of rotatable bonds is 4. The molecule has 1 aromatic rings. The van der Waals surface area contributed by atoms with Crippen molar-refractivity contribution in [3.05, 3.63) is 29.8 Å². The number of nitrogens with one attached hydrogen (secondary N) is 1. The highest BCUT2D eigenvalue weighted by Crippen LogP contribution is 2.42. The lowest BCUT2D eigenvalue weighted by atomic mass is 9.91. The van der Waals surface area contributed by atoms with Gasteiger partial charge in [0.25, 0.3) is 0 Å². The largest absolute Gasteiger partial charge is 0.382 e. The Bertz CT molecular complexity index is 510. The fourth-order valence-corrected chi connectivity index (χ4v) is 3.45. The monoisotopic (exact) mass is 288 g/mol. The first-order valence-electron chi connectivity index (χ1n) is 7.85. The summed E-state index contributed by atoms with van der Waals surface area (Å²) in [6, 6.07) is 8.85. The number of hydrogen-bond acceptors (Lipinski definition) is 2. The normalized spacial score (nSPS) is 23.9. The summed E-state index contributed by atoms with van der Waals surface area (Å²) >= 11 is 0. The number of hydrogen-bond donors (Lipinski definition) is 1. The van der Waals surface area contributed by atoms with Crippen LogP contribution in [-0.4, -0.2) is 23.9 Å². The highest BCUT2D eigenvalue weighted by atomic mass is 16.2. The number of carbonyl (C=O) groups is 1. The van der Waals surface area contributed by atoms with Gasteiger partial charge in [-0.1, -0.05) is 39.0 Å². The van der Waals surface area contributed by atoms with Crippen LogP contribution >= 0.6 is 0 Å². The van der Waals surface area contributed by atoms with Crippen LogP contribution in [0.15, 0.2) is 24.3 Å². The molecule has 0 bridgehead atoms. The fourth-order valence-electron chi connectivity index (χ4n) is 3.45. The summed E-state index contributed by atoms with van der Waals surface area (Å²) in [5, 5.41) is 3.72. The quantitative estimate of drug-likeness (QED) is 0.911. The molecule has 1 aromatic carbocycles. The second-order valence-corrected chi connectivity index (χ2v) is 7.33. The number of nitrogens with zero attached hydrogens (tertiary/aromatic N) is 1. The summed E-state index contributed by atoms with van der Waals surface area (Å²) in [5.41, 5.74) is 2.77. The molecule has 2 rings (SSSR count). The van der Waals surface area contributed by atoms with E-state index in [-0.39, 0.29) is 5.91 Å². The van der Waals surface area contributed by atoms with Crippen molar-refractivity contribution < 1.29 is 4.79 Å². The lowest BCUT2D eigenvalue weighted by molar-refractivity contribution is -0.128. The van der Waals surface area contributed by atoms with Gasteiger partial charge in [-0.15, -0.1) is 0 Å². The summed E-state index contributed by atoms with van der Waals surface area (Å²) in [7, 11) is 1.85. The van der Waals surface area contributed by atoms with Crippen molar-refractivity contribution in [3.63, 3.8) is 0 Å². The molecule has 1 aliphatic carbocycles. The molecule has 1 amide bonds. The topological polar surface area (TPSA) is 32.3 Å². The van der Waals surface area contributed by atoms with Gasteiger partial charge in [0, 0.05) is 32.2 Å². The van der Waals surface area contributed by atoms with Gasteiger partial charge in [-0.25, -0.2) is 0 Å². The lowest BCUT2D eigenvalue weighted by Crippen LogP contribution is -2.26. The Balaban J connectivity index is 2.12. The number of carbonyl (C=O) groups excluding carboxylic acids is 1. The van der Waals surface area contributed by atoms with Crippen LogP contribution in [0.25, 0.3) is 0 Å². The summed E-state index contributed by atoms with van der Waals surface area (Å²) in [4.78, 5) is 13.2. The highest BCUT2D eigenvalue weighted by Gasteiger charge is 2.36. The minimum Gasteiger partial charge on any atom is -0.382 e. The average molecular weight is 288 g/mol. The maximum Gasteiger partial charge on any atom is 0.219 e. The molecule has 0 saturated heterocycles. The van der Waals surface area contributed by atoms with E-state index in [0.717, 1.165) is 0 Å². The van der Waals surface area contributed by atoms with E-state index in [1.54, 1.807) is 11.8 Å². The van der Waals surface area contributed by atoms with Crippen molar-refractivity contribution >= 4 is 11.6 Å². The molecule has 0 aromatic heterocycles. The fraction of sp³-hybridized carbons (Fsp3) is 0.611. The van der Waals surface area contributed by atoms with Gasteiger partial charge in [-0.3, -0.25) is 4.79 Å². The Morgan fingerprint density at radius 3 is 2.57 bits per heavy atom. The van der Waals surface area contributed by atoms with E-state index in [0.29, 0.717) is 23.9 Å². The number of amides is 1. The van der Waals surface area contributed by atoms with Crippen molar-refractivity contribution in [1.29, 1.82) is 0 Å². The Labute approximate surface area is 128 Å². The zero-order chi connectivity index (χ0) is 15.6. The molecule has 3 nitrogen and oxygen atoms in total. The first kappa shape index (κ1) is 15.9. The van der Waals surface area contributed by atoms with E-state index in [1.807, 2.05) is 13.1 Å². The zero-order valence-electron chi connectivity index (χ0n) is 13.9. The van der Waals surface area contributed by atoms with Gasteiger partial charge in [0.1, 0.15) is 0 Å². The molecule has 1 aliphatic rings. The van der Waals surface area contributed by atoms with Crippen LogP contribution in [0, 0.1) is 11.3 Å². The van der Waals surface area contributed by atoms with Crippen LogP contribution in [0.4, 0.5) is 5.69 Å². The first-order valence-corrected chi connectivity index (χ1v) is 7.85. The second kappa shape index (κ2) is 6.08.